The van der Waals surface area contributed by atoms with Gasteiger partial charge >= 0.3 is 12.1 Å². The summed E-state index contributed by atoms with van der Waals surface area (Å²) in [6.07, 6.45) is -0.793. The molecular weight excluding hydrogens is 366 g/mol. The molecule has 152 valence electrons. The number of hydrogen-bond acceptors (Lipinski definition) is 6. The molecule has 0 aromatic heterocycles. The molecule has 0 heterocycles. The van der Waals surface area contributed by atoms with Gasteiger partial charge in [-0.2, -0.15) is 5.26 Å². The average Bonchev–Trinajstić information content (AvgIpc) is 2.67. The van der Waals surface area contributed by atoms with Gasteiger partial charge in [0.1, 0.15) is 18.7 Å². The van der Waals surface area contributed by atoms with E-state index in [0.717, 1.165) is 5.56 Å². The van der Waals surface area contributed by atoms with Gasteiger partial charge in [0.05, 0.1) is 12.2 Å². The number of nitrogens with zero attached hydrogens (tertiary/aromatic N) is 1. The van der Waals surface area contributed by atoms with Crippen LogP contribution in [-0.2, 0) is 20.9 Å². The molecule has 0 fully saturated rings. The summed E-state index contributed by atoms with van der Waals surface area (Å²) in [7, 11) is 0. The number of alkyl carbamates (subject to hydrolysis) is 1. The van der Waals surface area contributed by atoms with Crippen molar-refractivity contribution in [1.82, 2.24) is 10.6 Å². The van der Waals surface area contributed by atoms with E-state index in [1.807, 2.05) is 12.1 Å². The van der Waals surface area contributed by atoms with Crippen LogP contribution in [0.15, 0.2) is 30.3 Å². The number of hydrogen-bond donors (Lipinski definition) is 4. The van der Waals surface area contributed by atoms with Gasteiger partial charge in [-0.1, -0.05) is 30.3 Å². The normalized spacial score (nSPS) is 13.5. The molecule has 4 N–H and O–H groups in total. The Morgan fingerprint density at radius 2 is 1.86 bits per heavy atom. The summed E-state index contributed by atoms with van der Waals surface area (Å²) in [6, 6.07) is 8.31. The molecule has 2 amide bonds. The maximum atomic E-state index is 12.3. The average molecular weight is 391 g/mol. The van der Waals surface area contributed by atoms with Gasteiger partial charge in [0, 0.05) is 6.42 Å². The van der Waals surface area contributed by atoms with Crippen LogP contribution in [0.2, 0.25) is 0 Å². The smallest absolute Gasteiger partial charge is 0.408 e. The number of carboxylic acids is 1. The summed E-state index contributed by atoms with van der Waals surface area (Å²) < 4.78 is 5.02. The van der Waals surface area contributed by atoms with E-state index in [1.54, 1.807) is 24.3 Å². The van der Waals surface area contributed by atoms with Gasteiger partial charge < -0.3 is 25.6 Å². The molecule has 9 heteroatoms. The molecule has 0 radical (unpaired) electrons. The molecule has 0 saturated heterocycles. The van der Waals surface area contributed by atoms with Crippen LogP contribution in [0.5, 0.6) is 0 Å². The van der Waals surface area contributed by atoms with E-state index in [-0.39, 0.29) is 13.0 Å². The summed E-state index contributed by atoms with van der Waals surface area (Å²) in [5.41, 5.74) is 0.749. The van der Waals surface area contributed by atoms with Gasteiger partial charge in [0.2, 0.25) is 5.91 Å². The Labute approximate surface area is 163 Å². The van der Waals surface area contributed by atoms with Crippen molar-refractivity contribution in [2.24, 2.45) is 0 Å². The van der Waals surface area contributed by atoms with Crippen molar-refractivity contribution in [1.29, 1.82) is 5.26 Å². The highest BCUT2D eigenvalue weighted by Crippen LogP contribution is 2.06. The molecule has 3 atom stereocenters. The maximum absolute atomic E-state index is 12.3. The molecule has 0 aliphatic heterocycles. The molecule has 0 aliphatic carbocycles. The highest BCUT2D eigenvalue weighted by Gasteiger charge is 2.29. The van der Waals surface area contributed by atoms with Crippen LogP contribution in [0.1, 0.15) is 38.2 Å². The third kappa shape index (κ3) is 8.51. The van der Waals surface area contributed by atoms with Gasteiger partial charge in [-0.15, -0.1) is 0 Å². The first-order chi connectivity index (χ1) is 13.3. The highest BCUT2D eigenvalue weighted by molar-refractivity contribution is 5.89. The Balaban J connectivity index is 2.59. The van der Waals surface area contributed by atoms with Crippen LogP contribution in [0.3, 0.4) is 0 Å². The number of aliphatic carboxylic acids is 1. The van der Waals surface area contributed by atoms with Gasteiger partial charge in [-0.3, -0.25) is 4.79 Å². The van der Waals surface area contributed by atoms with E-state index < -0.39 is 36.2 Å². The highest BCUT2D eigenvalue weighted by atomic mass is 16.5. The third-order valence-electron chi connectivity index (χ3n) is 3.90. The fraction of sp³-hybridized carbons (Fsp3) is 0.474. The number of amides is 2. The lowest BCUT2D eigenvalue weighted by Gasteiger charge is -2.23. The summed E-state index contributed by atoms with van der Waals surface area (Å²) in [5, 5.41) is 32.1. The minimum Gasteiger partial charge on any atom is -0.480 e. The zero-order chi connectivity index (χ0) is 20.9. The number of aliphatic hydroxyl groups is 1. The van der Waals surface area contributed by atoms with Crippen LogP contribution in [-0.4, -0.2) is 46.4 Å². The number of carbonyl (C=O) groups is 3. The quantitative estimate of drug-likeness (QED) is 0.416. The van der Waals surface area contributed by atoms with E-state index in [0.29, 0.717) is 19.3 Å². The first-order valence-corrected chi connectivity index (χ1v) is 8.90. The van der Waals surface area contributed by atoms with Crippen molar-refractivity contribution in [2.75, 3.05) is 0 Å². The Bertz CT molecular complexity index is 687. The molecule has 9 nitrogen and oxygen atoms in total. The number of carbonyl (C=O) groups excluding carboxylic acids is 2. The van der Waals surface area contributed by atoms with Crippen LogP contribution >= 0.6 is 0 Å². The Morgan fingerprint density at radius 1 is 1.18 bits per heavy atom. The van der Waals surface area contributed by atoms with Crippen molar-refractivity contribution < 1.29 is 29.3 Å². The van der Waals surface area contributed by atoms with Crippen LogP contribution < -0.4 is 10.6 Å². The summed E-state index contributed by atoms with van der Waals surface area (Å²) in [5.74, 6) is -2.07. The van der Waals surface area contributed by atoms with Gasteiger partial charge in [-0.25, -0.2) is 9.59 Å². The molecule has 0 bridgehead atoms. The molecule has 1 aromatic rings. The molecular formula is C19H25N3O6. The fourth-order valence-electron chi connectivity index (χ4n) is 2.37. The maximum Gasteiger partial charge on any atom is 0.408 e. The largest absolute Gasteiger partial charge is 0.480 e. The van der Waals surface area contributed by atoms with E-state index >= 15 is 0 Å². The Morgan fingerprint density at radius 3 is 2.43 bits per heavy atom. The second kappa shape index (κ2) is 12.3. The van der Waals surface area contributed by atoms with Crippen molar-refractivity contribution in [3.8, 4) is 6.07 Å². The lowest BCUT2D eigenvalue weighted by Crippen LogP contribution is -2.55. The number of nitriles is 1. The molecule has 0 unspecified atom stereocenters. The van der Waals surface area contributed by atoms with Crippen LogP contribution in [0, 0.1) is 11.3 Å². The number of benzene rings is 1. The number of aliphatic hydroxyl groups excluding tert-OH is 1. The lowest BCUT2D eigenvalue weighted by molar-refractivity contribution is -0.142. The zero-order valence-corrected chi connectivity index (χ0v) is 15.6. The lowest BCUT2D eigenvalue weighted by atomic mass is 10.1. The Kier molecular flexibility index (Phi) is 10.1. The van der Waals surface area contributed by atoms with Crippen molar-refractivity contribution in [3.05, 3.63) is 35.9 Å². The monoisotopic (exact) mass is 391 g/mol. The molecule has 0 aliphatic rings. The number of carboxylic acid groups (broad SMARTS) is 1. The Hall–Kier alpha value is -3.12. The van der Waals surface area contributed by atoms with Gasteiger partial charge in [-0.05, 0) is 31.7 Å². The first kappa shape index (κ1) is 22.9. The second-order valence-corrected chi connectivity index (χ2v) is 6.23. The van der Waals surface area contributed by atoms with E-state index in [1.165, 1.54) is 6.92 Å². The predicted octanol–water partition coefficient (Wildman–Crippen LogP) is 1.32. The first-order valence-electron chi connectivity index (χ1n) is 8.90. The SMILES string of the molecule is C[C@@H](O)[C@H](NC(=O)OCc1ccccc1)C(=O)N[C@@H](CCCCC#N)C(=O)O. The fourth-order valence-corrected chi connectivity index (χ4v) is 2.37. The van der Waals surface area contributed by atoms with E-state index in [9.17, 15) is 24.6 Å². The number of rotatable bonds is 11. The predicted molar refractivity (Wildman–Crippen MR) is 98.9 cm³/mol. The van der Waals surface area contributed by atoms with Gasteiger partial charge in [0.15, 0.2) is 0 Å². The zero-order valence-electron chi connectivity index (χ0n) is 15.6. The van der Waals surface area contributed by atoms with E-state index in [2.05, 4.69) is 10.6 Å². The molecule has 0 spiro atoms. The molecule has 1 rings (SSSR count). The summed E-state index contributed by atoms with van der Waals surface area (Å²) in [4.78, 5) is 35.6. The molecule has 0 saturated carbocycles. The number of nitrogens with one attached hydrogen (secondary N) is 2. The molecule has 28 heavy (non-hydrogen) atoms. The van der Waals surface area contributed by atoms with Crippen LogP contribution in [0.25, 0.3) is 0 Å². The summed E-state index contributed by atoms with van der Waals surface area (Å²) >= 11 is 0. The van der Waals surface area contributed by atoms with Crippen molar-refractivity contribution in [2.45, 2.75) is 57.4 Å². The van der Waals surface area contributed by atoms with Crippen molar-refractivity contribution >= 4 is 18.0 Å². The molecule has 1 aromatic carbocycles. The minimum absolute atomic E-state index is 0.0164. The third-order valence-corrected chi connectivity index (χ3v) is 3.90. The summed E-state index contributed by atoms with van der Waals surface area (Å²) in [6.45, 7) is 1.28. The van der Waals surface area contributed by atoms with Crippen LogP contribution in [0.4, 0.5) is 4.79 Å². The van der Waals surface area contributed by atoms with Crippen molar-refractivity contribution in [3.63, 3.8) is 0 Å². The van der Waals surface area contributed by atoms with Gasteiger partial charge in [0.25, 0.3) is 0 Å². The van der Waals surface area contributed by atoms with E-state index in [4.69, 9.17) is 10.00 Å². The minimum atomic E-state index is -1.37. The second-order valence-electron chi connectivity index (χ2n) is 6.23. The standard InChI is InChI=1S/C19H25N3O6/c1-13(23)16(22-19(27)28-12-14-8-4-2-5-9-14)17(24)21-15(18(25)26)10-6-3-7-11-20/h2,4-5,8-9,13,15-16,23H,3,6-7,10,12H2,1H3,(H,21,24)(H,22,27)(H,25,26)/t13-,15+,16+/m1/s1. The number of unbranched alkanes of at least 4 members (excludes halogenated alkanes) is 2. The topological polar surface area (TPSA) is 149 Å². The number of ether oxygens (including phenoxy) is 1.